The van der Waals surface area contributed by atoms with Crippen molar-refractivity contribution in [2.24, 2.45) is 5.73 Å². The van der Waals surface area contributed by atoms with Gasteiger partial charge in [0, 0.05) is 29.8 Å². The first-order valence-corrected chi connectivity index (χ1v) is 7.07. The van der Waals surface area contributed by atoms with Gasteiger partial charge in [-0.05, 0) is 24.3 Å². The van der Waals surface area contributed by atoms with Gasteiger partial charge >= 0.3 is 0 Å². The van der Waals surface area contributed by atoms with E-state index in [1.54, 1.807) is 16.9 Å². The van der Waals surface area contributed by atoms with Crippen molar-refractivity contribution in [3.05, 3.63) is 52.4 Å². The lowest BCUT2D eigenvalue weighted by atomic mass is 10.2. The van der Waals surface area contributed by atoms with Gasteiger partial charge in [0.05, 0.1) is 16.6 Å². The van der Waals surface area contributed by atoms with E-state index in [1.165, 1.54) is 0 Å². The monoisotopic (exact) mass is 322 g/mol. The molecule has 3 aromatic rings. The molecular weight excluding hydrogens is 311 g/mol. The molecule has 1 aromatic carbocycles. The largest absolute Gasteiger partial charge is 0.364 e. The van der Waals surface area contributed by atoms with Gasteiger partial charge in [-0.15, -0.1) is 0 Å². The molecule has 0 saturated heterocycles. The number of primary amides is 1. The van der Waals surface area contributed by atoms with E-state index in [9.17, 15) is 4.79 Å². The highest BCUT2D eigenvalue weighted by molar-refractivity contribution is 6.42. The number of hydrogen-bond donors (Lipinski definition) is 1. The highest BCUT2D eigenvalue weighted by Crippen LogP contribution is 2.28. The molecular formula is C14H12Cl2N4O. The predicted molar refractivity (Wildman–Crippen MR) is 82.7 cm³/mol. The number of benzene rings is 1. The van der Waals surface area contributed by atoms with E-state index in [2.05, 4.69) is 9.67 Å². The van der Waals surface area contributed by atoms with Gasteiger partial charge in [-0.3, -0.25) is 9.48 Å². The highest BCUT2D eigenvalue weighted by atomic mass is 35.5. The highest BCUT2D eigenvalue weighted by Gasteiger charge is 2.07. The molecule has 0 aliphatic rings. The lowest BCUT2D eigenvalue weighted by Crippen LogP contribution is -2.13. The standard InChI is InChI=1S/C14H12Cl2N4O/c15-10-7-9-1-3-19(13(9)8-11(10)16)5-6-20-4-2-12(18-20)14(17)21/h1-4,7-8H,5-6H2,(H2,17,21). The van der Waals surface area contributed by atoms with Crippen molar-refractivity contribution < 1.29 is 4.79 Å². The lowest BCUT2D eigenvalue weighted by Gasteiger charge is -2.06. The Kier molecular flexibility index (Phi) is 3.61. The van der Waals surface area contributed by atoms with Gasteiger partial charge in [0.25, 0.3) is 5.91 Å². The zero-order chi connectivity index (χ0) is 15.0. The molecule has 108 valence electrons. The van der Waals surface area contributed by atoms with Crippen molar-refractivity contribution in [1.82, 2.24) is 14.3 Å². The summed E-state index contributed by atoms with van der Waals surface area (Å²) >= 11 is 12.1. The van der Waals surface area contributed by atoms with E-state index in [0.29, 0.717) is 23.1 Å². The Morgan fingerprint density at radius 1 is 1.14 bits per heavy atom. The number of aryl methyl sites for hydroxylation is 2. The summed E-state index contributed by atoms with van der Waals surface area (Å²) < 4.78 is 3.74. The SMILES string of the molecule is NC(=O)c1ccn(CCn2ccc3cc(Cl)c(Cl)cc32)n1. The van der Waals surface area contributed by atoms with Crippen LogP contribution >= 0.6 is 23.2 Å². The molecule has 0 aliphatic heterocycles. The average molecular weight is 323 g/mol. The summed E-state index contributed by atoms with van der Waals surface area (Å²) in [5.41, 5.74) is 6.45. The van der Waals surface area contributed by atoms with E-state index >= 15 is 0 Å². The lowest BCUT2D eigenvalue weighted by molar-refractivity contribution is 0.0994. The molecule has 7 heteroatoms. The molecule has 0 unspecified atom stereocenters. The van der Waals surface area contributed by atoms with Gasteiger partial charge < -0.3 is 10.3 Å². The zero-order valence-electron chi connectivity index (χ0n) is 11.0. The van der Waals surface area contributed by atoms with Gasteiger partial charge in [0.2, 0.25) is 0 Å². The second-order valence-corrected chi connectivity index (χ2v) is 5.48. The third-order valence-corrected chi connectivity index (χ3v) is 4.00. The third kappa shape index (κ3) is 2.75. The molecule has 5 nitrogen and oxygen atoms in total. The summed E-state index contributed by atoms with van der Waals surface area (Å²) in [4.78, 5) is 11.0. The average Bonchev–Trinajstić information content (AvgIpc) is 3.04. The summed E-state index contributed by atoms with van der Waals surface area (Å²) in [6.07, 6.45) is 3.70. The molecule has 1 amide bonds. The fraction of sp³-hybridized carbons (Fsp3) is 0.143. The number of nitrogens with zero attached hydrogens (tertiary/aromatic N) is 3. The maximum Gasteiger partial charge on any atom is 0.269 e. The molecule has 3 rings (SSSR count). The molecule has 2 heterocycles. The number of aromatic nitrogens is 3. The summed E-state index contributed by atoms with van der Waals surface area (Å²) in [5, 5.41) is 6.20. The Balaban J connectivity index is 1.81. The van der Waals surface area contributed by atoms with Gasteiger partial charge in [0.1, 0.15) is 5.69 Å². The summed E-state index contributed by atoms with van der Waals surface area (Å²) in [6.45, 7) is 1.32. The summed E-state index contributed by atoms with van der Waals surface area (Å²) in [7, 11) is 0. The molecule has 0 atom stereocenters. The number of rotatable bonds is 4. The number of fused-ring (bicyclic) bond motifs is 1. The maximum absolute atomic E-state index is 11.0. The second-order valence-electron chi connectivity index (χ2n) is 4.66. The Bertz CT molecular complexity index is 822. The van der Waals surface area contributed by atoms with Gasteiger partial charge in [-0.25, -0.2) is 0 Å². The molecule has 0 radical (unpaired) electrons. The minimum Gasteiger partial charge on any atom is -0.364 e. The summed E-state index contributed by atoms with van der Waals surface area (Å²) in [5.74, 6) is -0.526. The molecule has 0 bridgehead atoms. The molecule has 2 aromatic heterocycles. The number of amides is 1. The van der Waals surface area contributed by atoms with Crippen LogP contribution in [0.2, 0.25) is 10.0 Å². The Labute approximate surface area is 130 Å². The second kappa shape index (κ2) is 5.42. The van der Waals surface area contributed by atoms with Crippen LogP contribution < -0.4 is 5.73 Å². The van der Waals surface area contributed by atoms with E-state index in [1.807, 2.05) is 24.4 Å². The van der Waals surface area contributed by atoms with E-state index in [0.717, 1.165) is 10.9 Å². The Morgan fingerprint density at radius 2 is 1.90 bits per heavy atom. The maximum atomic E-state index is 11.0. The minimum atomic E-state index is -0.526. The number of hydrogen-bond acceptors (Lipinski definition) is 2. The Hall–Kier alpha value is -1.98. The van der Waals surface area contributed by atoms with Crippen molar-refractivity contribution >= 4 is 40.0 Å². The fourth-order valence-corrected chi connectivity index (χ4v) is 2.54. The zero-order valence-corrected chi connectivity index (χ0v) is 12.5. The van der Waals surface area contributed by atoms with E-state index in [4.69, 9.17) is 28.9 Å². The van der Waals surface area contributed by atoms with Gasteiger partial charge in [-0.2, -0.15) is 5.10 Å². The van der Waals surface area contributed by atoms with Crippen LogP contribution in [0.4, 0.5) is 0 Å². The normalized spacial score (nSPS) is 11.1. The number of carbonyl (C=O) groups excluding carboxylic acids is 1. The van der Waals surface area contributed by atoms with Crippen LogP contribution in [-0.4, -0.2) is 20.3 Å². The molecule has 0 aliphatic carbocycles. The number of nitrogens with two attached hydrogens (primary N) is 1. The first kappa shape index (κ1) is 14.0. The smallest absolute Gasteiger partial charge is 0.269 e. The van der Waals surface area contributed by atoms with E-state index < -0.39 is 5.91 Å². The van der Waals surface area contributed by atoms with Gasteiger partial charge in [-0.1, -0.05) is 23.2 Å². The van der Waals surface area contributed by atoms with Crippen LogP contribution in [0, 0.1) is 0 Å². The number of carbonyl (C=O) groups is 1. The Morgan fingerprint density at radius 3 is 2.62 bits per heavy atom. The van der Waals surface area contributed by atoms with Crippen molar-refractivity contribution in [3.63, 3.8) is 0 Å². The molecule has 2 N–H and O–H groups in total. The molecule has 0 saturated carbocycles. The quantitative estimate of drug-likeness (QED) is 0.802. The first-order chi connectivity index (χ1) is 10.0. The predicted octanol–water partition coefficient (Wildman–Crippen LogP) is 2.94. The van der Waals surface area contributed by atoms with Crippen molar-refractivity contribution in [3.8, 4) is 0 Å². The molecule has 0 fully saturated rings. The summed E-state index contributed by atoms with van der Waals surface area (Å²) in [6, 6.07) is 7.27. The third-order valence-electron chi connectivity index (χ3n) is 3.28. The topological polar surface area (TPSA) is 65.8 Å². The molecule has 0 spiro atoms. The fourth-order valence-electron chi connectivity index (χ4n) is 2.21. The van der Waals surface area contributed by atoms with Crippen LogP contribution in [0.15, 0.2) is 36.7 Å². The van der Waals surface area contributed by atoms with Crippen LogP contribution in [0.1, 0.15) is 10.5 Å². The minimum absolute atomic E-state index is 0.266. The first-order valence-electron chi connectivity index (χ1n) is 6.32. The molecule has 21 heavy (non-hydrogen) atoms. The van der Waals surface area contributed by atoms with Crippen molar-refractivity contribution in [2.75, 3.05) is 0 Å². The van der Waals surface area contributed by atoms with Crippen LogP contribution in [-0.2, 0) is 13.1 Å². The number of halogens is 2. The van der Waals surface area contributed by atoms with Gasteiger partial charge in [0.15, 0.2) is 0 Å². The van der Waals surface area contributed by atoms with Crippen molar-refractivity contribution in [2.45, 2.75) is 13.1 Å². The van der Waals surface area contributed by atoms with Crippen LogP contribution in [0.3, 0.4) is 0 Å². The van der Waals surface area contributed by atoms with Crippen LogP contribution in [0.5, 0.6) is 0 Å². The van der Waals surface area contributed by atoms with E-state index in [-0.39, 0.29) is 5.69 Å². The van der Waals surface area contributed by atoms with Crippen LogP contribution in [0.25, 0.3) is 10.9 Å². The van der Waals surface area contributed by atoms with Crippen molar-refractivity contribution in [1.29, 1.82) is 0 Å².